The van der Waals surface area contributed by atoms with Gasteiger partial charge in [0.25, 0.3) is 32.6 Å². The zero-order chi connectivity index (χ0) is 77.2. The third kappa shape index (κ3) is 39.5. The Kier molecular flexibility index (Phi) is 51.2. The molecule has 0 aromatic heterocycles. The molecule has 0 spiro atoms. The Labute approximate surface area is 627 Å². The number of benzene rings is 1. The minimum atomic E-state index is -0.913. The zero-order valence-corrected chi connectivity index (χ0v) is 63.2. The summed E-state index contributed by atoms with van der Waals surface area (Å²) >= 11 is 0. The lowest BCUT2D eigenvalue weighted by atomic mass is 10.00. The Hall–Kier alpha value is -7.38. The maximum Gasteiger partial charge on any atom is 0.253 e. The largest absolute Gasteiger partial charge is 0.380 e. The van der Waals surface area contributed by atoms with Gasteiger partial charge < -0.3 is 116 Å². The number of hydrogen-bond acceptors (Lipinski definition) is 29. The highest BCUT2D eigenvalue weighted by atomic mass is 16.6. The van der Waals surface area contributed by atoms with Crippen LogP contribution in [-0.4, -0.2) is 253 Å². The lowest BCUT2D eigenvalue weighted by Gasteiger charge is -2.26. The quantitative estimate of drug-likeness (QED) is 0.0169. The second kappa shape index (κ2) is 59.6. The fraction of sp³-hybridized carbons (Fsp3) is 0.703. The number of unbranched alkanes of at least 4 members (excludes halogenated alkanes) is 1. The van der Waals surface area contributed by atoms with E-state index >= 15 is 0 Å². The number of rotatable bonds is 75. The normalized spacial score (nSPS) is 12.3. The minimum Gasteiger partial charge on any atom is -0.380 e. The van der Waals surface area contributed by atoms with Crippen molar-refractivity contribution in [3.8, 4) is 0 Å². The van der Waals surface area contributed by atoms with Gasteiger partial charge >= 0.3 is 0 Å². The molecule has 0 bridgehead atoms. The first kappa shape index (κ1) is 92.0. The average molecular weight is 1520 g/mol. The van der Waals surface area contributed by atoms with E-state index in [1.807, 2.05) is 51.1 Å². The number of nitrogens with one attached hydrogen (secondary N) is 10. The van der Waals surface area contributed by atoms with E-state index in [1.54, 1.807) is 0 Å². The molecule has 12 N–H and O–H groups in total. The molecule has 0 saturated carbocycles. The van der Waals surface area contributed by atoms with Crippen LogP contribution in [0.25, 0.3) is 0 Å². The molecule has 0 aliphatic rings. The third-order valence-corrected chi connectivity index (χ3v) is 16.3. The molecule has 4 amide bonds. The predicted molar refractivity (Wildman–Crippen MR) is 410 cm³/mol. The van der Waals surface area contributed by atoms with Crippen LogP contribution in [0.15, 0.2) is 59.1 Å². The summed E-state index contributed by atoms with van der Waals surface area (Å²) in [6.07, 6.45) is 8.07. The Bertz CT molecular complexity index is 3230. The van der Waals surface area contributed by atoms with E-state index in [1.165, 1.54) is 0 Å². The molecule has 0 radical (unpaired) electrons. The van der Waals surface area contributed by atoms with Crippen molar-refractivity contribution >= 4 is 58.3 Å². The van der Waals surface area contributed by atoms with Gasteiger partial charge in [-0.1, -0.05) is 63.9 Å². The van der Waals surface area contributed by atoms with Gasteiger partial charge in [-0.05, 0) is 82.2 Å². The summed E-state index contributed by atoms with van der Waals surface area (Å²) in [6.45, 7) is 19.4. The Balaban J connectivity index is 0.884. The molecule has 33 nitrogen and oxygen atoms in total. The summed E-state index contributed by atoms with van der Waals surface area (Å²) < 4.78 is 67.0. The lowest BCUT2D eigenvalue weighted by molar-refractivity contribution is -0.133. The Morgan fingerprint density at radius 1 is 0.364 bits per heavy atom. The molecule has 0 aliphatic heterocycles. The summed E-state index contributed by atoms with van der Waals surface area (Å²) in [6, 6.07) is 6.73. The van der Waals surface area contributed by atoms with E-state index in [9.17, 15) is 47.9 Å². The summed E-state index contributed by atoms with van der Waals surface area (Å²) in [5.41, 5.74) is 4.65. The summed E-state index contributed by atoms with van der Waals surface area (Å²) in [5.74, 6) is -1.25. The van der Waals surface area contributed by atoms with Gasteiger partial charge in [0, 0.05) is 105 Å². The first-order valence-electron chi connectivity index (χ1n) is 37.9. The lowest BCUT2D eigenvalue weighted by Crippen LogP contribution is -2.57. The molecule has 0 saturated heterocycles. The summed E-state index contributed by atoms with van der Waals surface area (Å²) in [5, 5.41) is 29.3. The smallest absolute Gasteiger partial charge is 0.253 e. The van der Waals surface area contributed by atoms with Crippen LogP contribution in [0.3, 0.4) is 0 Å². The number of hydrogen-bond donors (Lipinski definition) is 11. The molecule has 0 unspecified atom stereocenters. The van der Waals surface area contributed by atoms with Crippen LogP contribution < -0.4 is 91.5 Å². The van der Waals surface area contributed by atoms with Gasteiger partial charge in [0.1, 0.15) is 52.2 Å². The zero-order valence-electron chi connectivity index (χ0n) is 63.2. The Morgan fingerprint density at radius 2 is 0.645 bits per heavy atom. The molecular weight excluding hydrogens is 1390 g/mol. The molecule has 0 fully saturated rings. The van der Waals surface area contributed by atoms with Crippen molar-refractivity contribution in [2.24, 2.45) is 11.7 Å². The maximum atomic E-state index is 13.7. The minimum absolute atomic E-state index is 0.0525. The van der Waals surface area contributed by atoms with Crippen LogP contribution >= 0.6 is 0 Å². The van der Waals surface area contributed by atoms with Crippen LogP contribution in [0.4, 0.5) is 34.1 Å². The average Bonchev–Trinajstić information content (AvgIpc) is 0.799. The fourth-order valence-corrected chi connectivity index (χ4v) is 10.5. The highest BCUT2D eigenvalue weighted by Crippen LogP contribution is 2.17. The number of carbonyl (C=O) groups is 4. The summed E-state index contributed by atoms with van der Waals surface area (Å²) in [7, 11) is 0. The van der Waals surface area contributed by atoms with Gasteiger partial charge in [0.15, 0.2) is 0 Å². The number of nitrogens with two attached hydrogens (primary N) is 1. The van der Waals surface area contributed by atoms with E-state index in [0.29, 0.717) is 286 Å². The SMILES string of the molecule is CCCC[C@H](NC=O)C(=O)N[C@@H](CC(C)C)C(=O)N[C@@H](Cc1ccccc1)C(=O)NCCCOCCOCCOCCCNc1c(NCCCOCCOCCOCCCNc2c(NCCCOCCOCCOCCCNc3c(NCCCOCCOCCOCCCN)c(=O)c3=O)c(=O)c2=O)c(=O)c1=O. The highest BCUT2D eigenvalue weighted by molar-refractivity contribution is 5.93. The first-order chi connectivity index (χ1) is 52.2. The number of ether oxygens (including phenoxy) is 12. The van der Waals surface area contributed by atoms with Gasteiger partial charge in [0.05, 0.1) is 106 Å². The van der Waals surface area contributed by atoms with E-state index in [0.717, 1.165) is 24.8 Å². The van der Waals surface area contributed by atoms with Crippen molar-refractivity contribution in [3.63, 3.8) is 0 Å². The maximum absolute atomic E-state index is 13.7. The Morgan fingerprint density at radius 3 is 0.935 bits per heavy atom. The number of anilines is 6. The molecule has 4 aromatic carbocycles. The number of carbonyl (C=O) groups excluding carboxylic acids is 4. The second-order valence-corrected chi connectivity index (χ2v) is 25.5. The predicted octanol–water partition coefficient (Wildman–Crippen LogP) is 1.30. The fourth-order valence-electron chi connectivity index (χ4n) is 10.5. The highest BCUT2D eigenvalue weighted by Gasteiger charge is 2.30. The first-order valence-corrected chi connectivity index (χ1v) is 37.9. The number of amides is 4. The van der Waals surface area contributed by atoms with Crippen LogP contribution in [-0.2, 0) is 82.4 Å². The third-order valence-electron chi connectivity index (χ3n) is 16.3. The van der Waals surface area contributed by atoms with E-state index < -0.39 is 62.5 Å². The molecule has 0 heterocycles. The van der Waals surface area contributed by atoms with Gasteiger partial charge in [-0.2, -0.15) is 0 Å². The molecule has 604 valence electrons. The molecule has 0 aliphatic carbocycles. The molecule has 4 rings (SSSR count). The topological polar surface area (TPSA) is 428 Å². The van der Waals surface area contributed by atoms with E-state index in [2.05, 4.69) is 53.2 Å². The standard InChI is InChI=1S/C74H121N11O22/c1-4-5-19-57(83-54-86)73(94)84-58(52-55(2)3)74(95)85-59(53-56-17-7-6-8-18-56)72(93)82-27-16-35-103-43-51-107-50-42-102-34-15-26-81-65-64(70(91)71(65)92)80-25-14-33-101-41-49-106-48-40-100-32-13-24-79-63-62(68(89)69(63)90)78-23-12-31-99-39-47-105-46-38-98-30-11-22-77-61-60(66(87)67(61)88)76-21-10-29-97-37-45-104-44-36-96-28-9-20-75/h6-8,17-18,54-55,57-59,76-81H,4-5,9-16,19-53,75H2,1-3H3,(H,82,93)(H,83,86)(H,84,94)(H,85,95)/t57-,58-,59-/m0/s1. The molecule has 4 aromatic rings. The van der Waals surface area contributed by atoms with Crippen LogP contribution in [0.1, 0.15) is 103 Å². The van der Waals surface area contributed by atoms with Crippen molar-refractivity contribution < 1.29 is 76.0 Å². The summed E-state index contributed by atoms with van der Waals surface area (Å²) in [4.78, 5) is 125. The van der Waals surface area contributed by atoms with Crippen LogP contribution in [0.5, 0.6) is 0 Å². The van der Waals surface area contributed by atoms with Gasteiger partial charge in [-0.3, -0.25) is 47.9 Å². The molecule has 3 atom stereocenters. The van der Waals surface area contributed by atoms with E-state index in [-0.39, 0.29) is 41.0 Å². The van der Waals surface area contributed by atoms with Crippen LogP contribution in [0, 0.1) is 5.92 Å². The molecule has 33 heteroatoms. The second-order valence-electron chi connectivity index (χ2n) is 25.5. The van der Waals surface area contributed by atoms with Gasteiger partial charge in [-0.15, -0.1) is 0 Å². The molecule has 107 heavy (non-hydrogen) atoms. The van der Waals surface area contributed by atoms with Crippen LogP contribution in [0.2, 0.25) is 0 Å². The molecular formula is C74H121N11O22. The monoisotopic (exact) mass is 1520 g/mol. The van der Waals surface area contributed by atoms with Gasteiger partial charge in [-0.25, -0.2) is 0 Å². The van der Waals surface area contributed by atoms with Crippen molar-refractivity contribution in [1.29, 1.82) is 0 Å². The van der Waals surface area contributed by atoms with Crippen molar-refractivity contribution in [3.05, 3.63) is 97.2 Å². The van der Waals surface area contributed by atoms with Crippen molar-refractivity contribution in [2.75, 3.05) is 243 Å². The van der Waals surface area contributed by atoms with Crippen molar-refractivity contribution in [2.45, 2.75) is 122 Å². The van der Waals surface area contributed by atoms with E-state index in [4.69, 9.17) is 62.6 Å². The van der Waals surface area contributed by atoms with Gasteiger partial charge in [0.2, 0.25) is 24.1 Å². The van der Waals surface area contributed by atoms with Crippen molar-refractivity contribution in [1.82, 2.24) is 21.3 Å².